The second kappa shape index (κ2) is 4.49. The summed E-state index contributed by atoms with van der Waals surface area (Å²) in [6, 6.07) is 4.27. The minimum Gasteiger partial charge on any atom is -0.496 e. The molecule has 0 atom stereocenters. The Morgan fingerprint density at radius 3 is 2.67 bits per heavy atom. The third kappa shape index (κ3) is 2.13. The Hall–Kier alpha value is -1.76. The maximum atomic E-state index is 11.7. The van der Waals surface area contributed by atoms with Crippen LogP contribution in [0.25, 0.3) is 0 Å². The van der Waals surface area contributed by atoms with Gasteiger partial charge >= 0.3 is 5.97 Å². The maximum absolute atomic E-state index is 11.7. The number of sulfonamides is 1. The summed E-state index contributed by atoms with van der Waals surface area (Å²) in [6.07, 6.45) is 0.575. The van der Waals surface area contributed by atoms with Crippen LogP contribution in [0.2, 0.25) is 0 Å². The largest absolute Gasteiger partial charge is 0.496 e. The molecule has 98 valence electrons. The van der Waals surface area contributed by atoms with Crippen LogP contribution in [0.4, 0.5) is 5.69 Å². The molecule has 1 saturated heterocycles. The molecule has 0 unspecified atom stereocenters. The Kier molecular flexibility index (Phi) is 3.16. The molecule has 0 bridgehead atoms. The van der Waals surface area contributed by atoms with Gasteiger partial charge in [0, 0.05) is 12.6 Å². The molecule has 0 amide bonds. The van der Waals surface area contributed by atoms with Crippen molar-refractivity contribution in [1.29, 1.82) is 0 Å². The molecule has 1 aromatic rings. The molecule has 1 aliphatic heterocycles. The highest BCUT2D eigenvalue weighted by atomic mass is 32.2. The summed E-state index contributed by atoms with van der Waals surface area (Å²) in [5.41, 5.74) is 0.451. The number of anilines is 1. The van der Waals surface area contributed by atoms with Crippen LogP contribution < -0.4 is 9.04 Å². The first-order chi connectivity index (χ1) is 8.45. The minimum atomic E-state index is -3.27. The van der Waals surface area contributed by atoms with Gasteiger partial charge in [0.1, 0.15) is 11.3 Å². The van der Waals surface area contributed by atoms with E-state index >= 15 is 0 Å². The minimum absolute atomic E-state index is 0.0119. The van der Waals surface area contributed by atoms with E-state index in [2.05, 4.69) is 0 Å². The molecule has 1 aromatic carbocycles. The van der Waals surface area contributed by atoms with E-state index in [1.165, 1.54) is 29.6 Å². The van der Waals surface area contributed by atoms with Gasteiger partial charge in [-0.3, -0.25) is 4.31 Å². The third-order valence-corrected chi connectivity index (χ3v) is 4.67. The van der Waals surface area contributed by atoms with Crippen molar-refractivity contribution in [2.75, 3.05) is 23.7 Å². The number of carboxylic acids is 1. The van der Waals surface area contributed by atoms with E-state index in [-0.39, 0.29) is 17.1 Å². The van der Waals surface area contributed by atoms with E-state index in [0.29, 0.717) is 18.7 Å². The van der Waals surface area contributed by atoms with Crippen molar-refractivity contribution in [1.82, 2.24) is 0 Å². The zero-order chi connectivity index (χ0) is 13.3. The number of carbonyl (C=O) groups is 1. The molecule has 7 heteroatoms. The van der Waals surface area contributed by atoms with Crippen molar-refractivity contribution >= 4 is 21.7 Å². The third-order valence-electron chi connectivity index (χ3n) is 2.80. The molecule has 1 N–H and O–H groups in total. The Bertz CT molecular complexity index is 581. The monoisotopic (exact) mass is 271 g/mol. The summed E-state index contributed by atoms with van der Waals surface area (Å²) in [5.74, 6) is -0.833. The molecule has 6 nitrogen and oxygen atoms in total. The van der Waals surface area contributed by atoms with Crippen LogP contribution in [0.1, 0.15) is 16.8 Å². The van der Waals surface area contributed by atoms with Gasteiger partial charge in [-0.15, -0.1) is 0 Å². The van der Waals surface area contributed by atoms with E-state index in [0.717, 1.165) is 0 Å². The standard InChI is InChI=1S/C11H13NO5S/c1-17-10-7-8(3-4-9(10)11(13)14)12-5-2-6-18(12,15)16/h3-4,7H,2,5-6H2,1H3,(H,13,14). The Balaban J connectivity index is 2.45. The van der Waals surface area contributed by atoms with E-state index in [4.69, 9.17) is 9.84 Å². The molecule has 0 aromatic heterocycles. The molecule has 0 radical (unpaired) electrons. The summed E-state index contributed by atoms with van der Waals surface area (Å²) in [6.45, 7) is 0.415. The van der Waals surface area contributed by atoms with Crippen LogP contribution in [0.15, 0.2) is 18.2 Å². The molecule has 0 spiro atoms. The highest BCUT2D eigenvalue weighted by Crippen LogP contribution is 2.29. The number of ether oxygens (including phenoxy) is 1. The topological polar surface area (TPSA) is 83.9 Å². The Labute approximate surface area is 105 Å². The SMILES string of the molecule is COc1cc(N2CCCS2(=O)=O)ccc1C(=O)O. The van der Waals surface area contributed by atoms with Crippen molar-refractivity contribution in [3.63, 3.8) is 0 Å². The first kappa shape index (κ1) is 12.7. The fourth-order valence-electron chi connectivity index (χ4n) is 1.94. The summed E-state index contributed by atoms with van der Waals surface area (Å²) >= 11 is 0. The fraction of sp³-hybridized carbons (Fsp3) is 0.364. The normalized spacial score (nSPS) is 17.7. The first-order valence-corrected chi connectivity index (χ1v) is 6.98. The fourth-order valence-corrected chi connectivity index (χ4v) is 3.50. The lowest BCUT2D eigenvalue weighted by Crippen LogP contribution is -2.25. The Morgan fingerprint density at radius 2 is 2.17 bits per heavy atom. The summed E-state index contributed by atoms with van der Waals surface area (Å²) in [5, 5.41) is 8.94. The number of hydrogen-bond acceptors (Lipinski definition) is 4. The van der Waals surface area contributed by atoms with Crippen molar-refractivity contribution in [3.8, 4) is 5.75 Å². The molecule has 1 aliphatic rings. The predicted molar refractivity (Wildman–Crippen MR) is 65.7 cm³/mol. The molecule has 0 aliphatic carbocycles. The van der Waals surface area contributed by atoms with E-state index in [9.17, 15) is 13.2 Å². The number of carboxylic acid groups (broad SMARTS) is 1. The molecular weight excluding hydrogens is 258 g/mol. The first-order valence-electron chi connectivity index (χ1n) is 5.37. The van der Waals surface area contributed by atoms with Gasteiger partial charge in [-0.05, 0) is 18.6 Å². The zero-order valence-electron chi connectivity index (χ0n) is 9.79. The smallest absolute Gasteiger partial charge is 0.339 e. The highest BCUT2D eigenvalue weighted by molar-refractivity contribution is 7.93. The molecule has 1 fully saturated rings. The van der Waals surface area contributed by atoms with Crippen molar-refractivity contribution in [2.45, 2.75) is 6.42 Å². The molecule has 1 heterocycles. The second-order valence-electron chi connectivity index (χ2n) is 3.93. The maximum Gasteiger partial charge on any atom is 0.339 e. The van der Waals surface area contributed by atoms with Gasteiger partial charge < -0.3 is 9.84 Å². The van der Waals surface area contributed by atoms with Gasteiger partial charge in [0.15, 0.2) is 0 Å². The summed E-state index contributed by atoms with van der Waals surface area (Å²) in [7, 11) is -1.92. The average molecular weight is 271 g/mol. The van der Waals surface area contributed by atoms with Crippen molar-refractivity contribution in [3.05, 3.63) is 23.8 Å². The van der Waals surface area contributed by atoms with Gasteiger partial charge in [0.2, 0.25) is 10.0 Å². The lowest BCUT2D eigenvalue weighted by atomic mass is 10.2. The van der Waals surface area contributed by atoms with Gasteiger partial charge in [-0.25, -0.2) is 13.2 Å². The number of benzene rings is 1. The van der Waals surface area contributed by atoms with Crippen LogP contribution in [-0.2, 0) is 10.0 Å². The van der Waals surface area contributed by atoms with Gasteiger partial charge in [-0.2, -0.15) is 0 Å². The van der Waals surface area contributed by atoms with Crippen LogP contribution >= 0.6 is 0 Å². The number of methoxy groups -OCH3 is 1. The quantitative estimate of drug-likeness (QED) is 0.884. The second-order valence-corrected chi connectivity index (χ2v) is 5.94. The lowest BCUT2D eigenvalue weighted by molar-refractivity contribution is 0.0693. The molecular formula is C11H13NO5S. The number of hydrogen-bond donors (Lipinski definition) is 1. The van der Waals surface area contributed by atoms with Crippen LogP contribution in [0, 0.1) is 0 Å². The lowest BCUT2D eigenvalue weighted by Gasteiger charge is -2.18. The number of aromatic carboxylic acids is 1. The van der Waals surface area contributed by atoms with E-state index in [1.807, 2.05) is 0 Å². The summed E-state index contributed by atoms with van der Waals surface area (Å²) in [4.78, 5) is 10.9. The average Bonchev–Trinajstić information content (AvgIpc) is 2.68. The van der Waals surface area contributed by atoms with E-state index < -0.39 is 16.0 Å². The van der Waals surface area contributed by atoms with Gasteiger partial charge in [0.05, 0.1) is 18.6 Å². The van der Waals surface area contributed by atoms with Crippen molar-refractivity contribution in [2.24, 2.45) is 0 Å². The Morgan fingerprint density at radius 1 is 1.44 bits per heavy atom. The van der Waals surface area contributed by atoms with Gasteiger partial charge in [0.25, 0.3) is 0 Å². The van der Waals surface area contributed by atoms with Crippen LogP contribution in [0.3, 0.4) is 0 Å². The zero-order valence-corrected chi connectivity index (χ0v) is 10.6. The number of nitrogens with zero attached hydrogens (tertiary/aromatic N) is 1. The summed E-state index contributed by atoms with van der Waals surface area (Å²) < 4.78 is 29.8. The van der Waals surface area contributed by atoms with Gasteiger partial charge in [-0.1, -0.05) is 0 Å². The number of rotatable bonds is 3. The van der Waals surface area contributed by atoms with Crippen LogP contribution in [0.5, 0.6) is 5.75 Å². The van der Waals surface area contributed by atoms with Crippen LogP contribution in [-0.4, -0.2) is 38.9 Å². The molecule has 0 saturated carbocycles. The van der Waals surface area contributed by atoms with E-state index in [1.54, 1.807) is 0 Å². The van der Waals surface area contributed by atoms with Crippen molar-refractivity contribution < 1.29 is 23.1 Å². The predicted octanol–water partition coefficient (Wildman–Crippen LogP) is 0.933. The molecule has 2 rings (SSSR count). The molecule has 18 heavy (non-hydrogen) atoms. The highest BCUT2D eigenvalue weighted by Gasteiger charge is 2.29.